The van der Waals surface area contributed by atoms with Gasteiger partial charge in [0.25, 0.3) is 0 Å². The molecule has 3 heteroatoms. The normalized spacial score (nSPS) is 21.3. The molecular weight excluding hydrogens is 303 g/mol. The van der Waals surface area contributed by atoms with Crippen LogP contribution in [0.25, 0.3) is 0 Å². The molecule has 1 aliphatic rings. The number of halogens is 1. The van der Waals surface area contributed by atoms with Crippen molar-refractivity contribution in [1.29, 1.82) is 0 Å². The SMILES string of the molecule is Cc1ccc(I)c(OC2CCCCO2)c1. The van der Waals surface area contributed by atoms with E-state index in [-0.39, 0.29) is 6.29 Å². The van der Waals surface area contributed by atoms with Crippen LogP contribution >= 0.6 is 22.6 Å². The van der Waals surface area contributed by atoms with Crippen molar-refractivity contribution in [3.63, 3.8) is 0 Å². The van der Waals surface area contributed by atoms with Gasteiger partial charge in [-0.3, -0.25) is 0 Å². The molecule has 0 amide bonds. The first kappa shape index (κ1) is 11.2. The zero-order valence-electron chi connectivity index (χ0n) is 8.83. The van der Waals surface area contributed by atoms with Gasteiger partial charge in [0.05, 0.1) is 10.2 Å². The van der Waals surface area contributed by atoms with Crippen molar-refractivity contribution in [2.45, 2.75) is 32.5 Å². The molecule has 1 fully saturated rings. The summed E-state index contributed by atoms with van der Waals surface area (Å²) in [6.45, 7) is 2.90. The highest BCUT2D eigenvalue weighted by Crippen LogP contribution is 2.25. The molecular formula is C12H15IO2. The predicted molar refractivity (Wildman–Crippen MR) is 68.1 cm³/mol. The van der Waals surface area contributed by atoms with Crippen LogP contribution in [0.5, 0.6) is 5.75 Å². The molecule has 0 N–H and O–H groups in total. The van der Waals surface area contributed by atoms with Gasteiger partial charge >= 0.3 is 0 Å². The van der Waals surface area contributed by atoms with Crippen LogP contribution in [-0.2, 0) is 4.74 Å². The molecule has 0 bridgehead atoms. The number of ether oxygens (including phenoxy) is 2. The first-order valence-corrected chi connectivity index (χ1v) is 6.38. The van der Waals surface area contributed by atoms with Crippen LogP contribution in [0.3, 0.4) is 0 Å². The number of hydrogen-bond acceptors (Lipinski definition) is 2. The molecule has 0 saturated carbocycles. The van der Waals surface area contributed by atoms with E-state index in [1.54, 1.807) is 0 Å². The van der Waals surface area contributed by atoms with Crippen LogP contribution in [0, 0.1) is 10.5 Å². The van der Waals surface area contributed by atoms with Gasteiger partial charge in [-0.05, 0) is 60.1 Å². The van der Waals surface area contributed by atoms with Crippen molar-refractivity contribution in [3.8, 4) is 5.75 Å². The summed E-state index contributed by atoms with van der Waals surface area (Å²) < 4.78 is 12.5. The monoisotopic (exact) mass is 318 g/mol. The molecule has 1 unspecified atom stereocenters. The fraction of sp³-hybridized carbons (Fsp3) is 0.500. The molecule has 0 spiro atoms. The third-order valence-corrected chi connectivity index (χ3v) is 3.37. The molecule has 2 rings (SSSR count). The summed E-state index contributed by atoms with van der Waals surface area (Å²) in [6.07, 6.45) is 3.32. The fourth-order valence-electron chi connectivity index (χ4n) is 1.65. The maximum atomic E-state index is 5.84. The van der Waals surface area contributed by atoms with Crippen molar-refractivity contribution in [2.75, 3.05) is 6.61 Å². The highest BCUT2D eigenvalue weighted by molar-refractivity contribution is 14.1. The van der Waals surface area contributed by atoms with Gasteiger partial charge in [0, 0.05) is 6.42 Å². The molecule has 82 valence electrons. The van der Waals surface area contributed by atoms with Crippen molar-refractivity contribution < 1.29 is 9.47 Å². The summed E-state index contributed by atoms with van der Waals surface area (Å²) in [5, 5.41) is 0. The Bertz CT molecular complexity index is 332. The molecule has 1 heterocycles. The Morgan fingerprint density at radius 1 is 1.40 bits per heavy atom. The quantitative estimate of drug-likeness (QED) is 0.777. The van der Waals surface area contributed by atoms with Crippen molar-refractivity contribution in [2.24, 2.45) is 0 Å². The molecule has 1 atom stereocenters. The van der Waals surface area contributed by atoms with E-state index in [0.717, 1.165) is 28.8 Å². The Balaban J connectivity index is 2.05. The molecule has 1 saturated heterocycles. The third-order valence-electron chi connectivity index (χ3n) is 2.48. The number of benzene rings is 1. The van der Waals surface area contributed by atoms with Crippen molar-refractivity contribution in [1.82, 2.24) is 0 Å². The minimum atomic E-state index is -0.0472. The van der Waals surface area contributed by atoms with E-state index in [9.17, 15) is 0 Å². The Labute approximate surface area is 104 Å². The van der Waals surface area contributed by atoms with E-state index in [2.05, 4.69) is 47.7 Å². The maximum absolute atomic E-state index is 5.84. The van der Waals surface area contributed by atoms with Gasteiger partial charge in [-0.2, -0.15) is 0 Å². The summed E-state index contributed by atoms with van der Waals surface area (Å²) in [4.78, 5) is 0. The average Bonchev–Trinajstić information content (AvgIpc) is 2.25. The molecule has 2 nitrogen and oxygen atoms in total. The van der Waals surface area contributed by atoms with Gasteiger partial charge in [-0.1, -0.05) is 6.07 Å². The van der Waals surface area contributed by atoms with Crippen LogP contribution in [0.15, 0.2) is 18.2 Å². The summed E-state index contributed by atoms with van der Waals surface area (Å²) >= 11 is 2.29. The zero-order chi connectivity index (χ0) is 10.7. The van der Waals surface area contributed by atoms with Crippen LogP contribution in [0.4, 0.5) is 0 Å². The van der Waals surface area contributed by atoms with E-state index in [4.69, 9.17) is 9.47 Å². The molecule has 0 radical (unpaired) electrons. The summed E-state index contributed by atoms with van der Waals surface area (Å²) in [7, 11) is 0. The maximum Gasteiger partial charge on any atom is 0.199 e. The van der Waals surface area contributed by atoms with Gasteiger partial charge in [-0.15, -0.1) is 0 Å². The highest BCUT2D eigenvalue weighted by Gasteiger charge is 2.16. The lowest BCUT2D eigenvalue weighted by molar-refractivity contribution is -0.106. The minimum Gasteiger partial charge on any atom is -0.464 e. The lowest BCUT2D eigenvalue weighted by Crippen LogP contribution is -2.25. The zero-order valence-corrected chi connectivity index (χ0v) is 11.0. The Kier molecular flexibility index (Phi) is 3.86. The summed E-state index contributed by atoms with van der Waals surface area (Å²) in [5.41, 5.74) is 1.22. The largest absolute Gasteiger partial charge is 0.464 e. The second-order valence-electron chi connectivity index (χ2n) is 3.85. The second kappa shape index (κ2) is 5.16. The molecule has 0 aliphatic carbocycles. The lowest BCUT2D eigenvalue weighted by Gasteiger charge is -2.24. The first-order valence-electron chi connectivity index (χ1n) is 5.30. The molecule has 1 aromatic carbocycles. The smallest absolute Gasteiger partial charge is 0.199 e. The van der Waals surface area contributed by atoms with Gasteiger partial charge in [-0.25, -0.2) is 0 Å². The van der Waals surface area contributed by atoms with Crippen molar-refractivity contribution in [3.05, 3.63) is 27.3 Å². The van der Waals surface area contributed by atoms with E-state index in [0.29, 0.717) is 0 Å². The molecule has 1 aliphatic heterocycles. The van der Waals surface area contributed by atoms with Gasteiger partial charge in [0.2, 0.25) is 0 Å². The number of hydrogen-bond donors (Lipinski definition) is 0. The summed E-state index contributed by atoms with van der Waals surface area (Å²) in [5.74, 6) is 0.947. The standard InChI is InChI=1S/C12H15IO2/c1-9-5-6-10(13)11(8-9)15-12-4-2-3-7-14-12/h5-6,8,12H,2-4,7H2,1H3. The van der Waals surface area contributed by atoms with Crippen LogP contribution in [-0.4, -0.2) is 12.9 Å². The Morgan fingerprint density at radius 2 is 2.27 bits per heavy atom. The number of aryl methyl sites for hydroxylation is 1. The topological polar surface area (TPSA) is 18.5 Å². The average molecular weight is 318 g/mol. The fourth-order valence-corrected chi connectivity index (χ4v) is 2.11. The summed E-state index contributed by atoms with van der Waals surface area (Å²) in [6, 6.07) is 6.24. The molecule has 1 aromatic rings. The van der Waals surface area contributed by atoms with Crippen LogP contribution < -0.4 is 4.74 Å². The first-order chi connectivity index (χ1) is 7.25. The van der Waals surface area contributed by atoms with Gasteiger partial charge in [0.1, 0.15) is 5.75 Å². The van der Waals surface area contributed by atoms with E-state index in [1.165, 1.54) is 12.0 Å². The molecule has 0 aromatic heterocycles. The number of rotatable bonds is 2. The Hall–Kier alpha value is -0.290. The second-order valence-corrected chi connectivity index (χ2v) is 5.01. The van der Waals surface area contributed by atoms with E-state index < -0.39 is 0 Å². The lowest BCUT2D eigenvalue weighted by atomic mass is 10.2. The van der Waals surface area contributed by atoms with E-state index >= 15 is 0 Å². The highest BCUT2D eigenvalue weighted by atomic mass is 127. The minimum absolute atomic E-state index is 0.0472. The van der Waals surface area contributed by atoms with Crippen LogP contribution in [0.1, 0.15) is 24.8 Å². The van der Waals surface area contributed by atoms with Crippen LogP contribution in [0.2, 0.25) is 0 Å². The van der Waals surface area contributed by atoms with Crippen molar-refractivity contribution >= 4 is 22.6 Å². The third kappa shape index (κ3) is 3.08. The van der Waals surface area contributed by atoms with Gasteiger partial charge < -0.3 is 9.47 Å². The Morgan fingerprint density at radius 3 is 3.00 bits per heavy atom. The predicted octanol–water partition coefficient (Wildman–Crippen LogP) is 3.51. The van der Waals surface area contributed by atoms with E-state index in [1.807, 2.05) is 0 Å². The molecule has 15 heavy (non-hydrogen) atoms. The van der Waals surface area contributed by atoms with Gasteiger partial charge in [0.15, 0.2) is 6.29 Å².